The zero-order valence-corrected chi connectivity index (χ0v) is 38.9. The van der Waals surface area contributed by atoms with Gasteiger partial charge in [0.05, 0.1) is 6.61 Å². The number of hydrogen-bond acceptors (Lipinski definition) is 7. The van der Waals surface area contributed by atoms with Gasteiger partial charge in [0.15, 0.2) is 6.10 Å². The first-order chi connectivity index (χ1) is 28.3. The van der Waals surface area contributed by atoms with Crippen molar-refractivity contribution < 1.29 is 37.6 Å². The highest BCUT2D eigenvalue weighted by Gasteiger charge is 2.24. The fourth-order valence-electron chi connectivity index (χ4n) is 6.97. The number of hydrogen-bond donors (Lipinski definition) is 1. The van der Waals surface area contributed by atoms with Gasteiger partial charge in [0, 0.05) is 20.0 Å². The normalized spacial score (nSPS) is 13.5. The molecule has 340 valence electrons. The summed E-state index contributed by atoms with van der Waals surface area (Å²) in [6.07, 6.45) is 53.6. The number of carbonyl (C=O) groups is 2. The van der Waals surface area contributed by atoms with Crippen LogP contribution >= 0.6 is 7.82 Å². The Morgan fingerprint density at radius 2 is 0.879 bits per heavy atom. The van der Waals surface area contributed by atoms with Gasteiger partial charge in [0.25, 0.3) is 0 Å². The minimum absolute atomic E-state index is 0.227. The molecule has 0 aromatic rings. The van der Waals surface area contributed by atoms with Crippen molar-refractivity contribution in [1.29, 1.82) is 0 Å². The second-order valence-corrected chi connectivity index (χ2v) is 17.8. The van der Waals surface area contributed by atoms with E-state index in [-0.39, 0.29) is 19.0 Å². The maximum absolute atomic E-state index is 12.5. The van der Waals surface area contributed by atoms with Crippen LogP contribution in [-0.2, 0) is 32.7 Å². The lowest BCUT2D eigenvalue weighted by Gasteiger charge is -2.19. The summed E-state index contributed by atoms with van der Waals surface area (Å²) < 4.78 is 32.1. The van der Waals surface area contributed by atoms with Crippen LogP contribution in [0.2, 0.25) is 0 Å². The molecule has 0 saturated heterocycles. The summed E-state index contributed by atoms with van der Waals surface area (Å²) in [6.45, 7) is 3.79. The molecule has 0 spiro atoms. The van der Waals surface area contributed by atoms with Crippen molar-refractivity contribution in [3.8, 4) is 0 Å². The van der Waals surface area contributed by atoms with Gasteiger partial charge >= 0.3 is 19.8 Å². The van der Waals surface area contributed by atoms with Crippen LogP contribution in [0.3, 0.4) is 0 Å². The molecule has 0 heterocycles. The minimum Gasteiger partial charge on any atom is -0.462 e. The standard InChI is InChI=1S/C49H91O8P/c1-4-6-8-10-12-14-16-18-20-21-22-23-24-25-26-27-28-30-31-33-35-37-39-41-43-48(50)55-45-47(46-56-58(52,53)54-3)57-49(51)44-42-40-38-36-34-32-29-19-17-15-13-11-9-7-5-2/h7,9,13,15,19,29,47H,4-6,8,10-12,14,16-18,20-28,30-46H2,1-3H3,(H,52,53)/b9-7-,15-13-,29-19-. The average molecular weight is 839 g/mol. The van der Waals surface area contributed by atoms with E-state index in [1.54, 1.807) is 0 Å². The van der Waals surface area contributed by atoms with E-state index in [9.17, 15) is 19.0 Å². The lowest BCUT2D eigenvalue weighted by Crippen LogP contribution is -2.29. The van der Waals surface area contributed by atoms with E-state index in [2.05, 4.69) is 54.8 Å². The van der Waals surface area contributed by atoms with Crippen molar-refractivity contribution >= 4 is 19.8 Å². The van der Waals surface area contributed by atoms with Crippen LogP contribution in [0, 0.1) is 0 Å². The molecule has 0 bridgehead atoms. The highest BCUT2D eigenvalue weighted by atomic mass is 31.2. The highest BCUT2D eigenvalue weighted by Crippen LogP contribution is 2.42. The molecule has 0 aromatic heterocycles. The number of allylic oxidation sites excluding steroid dienone is 6. The Bertz CT molecular complexity index is 1040. The molecule has 1 N–H and O–H groups in total. The van der Waals surface area contributed by atoms with Crippen LogP contribution in [0.25, 0.3) is 0 Å². The van der Waals surface area contributed by atoms with Crippen molar-refractivity contribution in [1.82, 2.24) is 0 Å². The Morgan fingerprint density at radius 3 is 1.31 bits per heavy atom. The Kier molecular flexibility index (Phi) is 43.5. The van der Waals surface area contributed by atoms with Crippen molar-refractivity contribution in [2.45, 2.75) is 245 Å². The molecule has 8 nitrogen and oxygen atoms in total. The number of rotatable bonds is 45. The van der Waals surface area contributed by atoms with E-state index in [1.165, 1.54) is 135 Å². The van der Waals surface area contributed by atoms with Crippen LogP contribution in [0.5, 0.6) is 0 Å². The van der Waals surface area contributed by atoms with Gasteiger partial charge in [0.1, 0.15) is 6.61 Å². The first-order valence-corrected chi connectivity index (χ1v) is 25.7. The summed E-state index contributed by atoms with van der Waals surface area (Å²) in [6, 6.07) is 0. The molecule has 0 radical (unpaired) electrons. The van der Waals surface area contributed by atoms with Gasteiger partial charge in [-0.2, -0.15) is 0 Å². The van der Waals surface area contributed by atoms with Gasteiger partial charge in [-0.3, -0.25) is 18.6 Å². The molecule has 0 fully saturated rings. The zero-order chi connectivity index (χ0) is 42.5. The van der Waals surface area contributed by atoms with Gasteiger partial charge < -0.3 is 14.4 Å². The van der Waals surface area contributed by atoms with Gasteiger partial charge in [-0.25, -0.2) is 4.57 Å². The van der Waals surface area contributed by atoms with E-state index in [0.717, 1.165) is 77.7 Å². The van der Waals surface area contributed by atoms with Gasteiger partial charge in [0.2, 0.25) is 0 Å². The van der Waals surface area contributed by atoms with Crippen molar-refractivity contribution in [3.05, 3.63) is 36.5 Å². The first-order valence-electron chi connectivity index (χ1n) is 24.2. The van der Waals surface area contributed by atoms with E-state index >= 15 is 0 Å². The molecule has 0 amide bonds. The molecule has 0 aromatic carbocycles. The third-order valence-electron chi connectivity index (χ3n) is 10.6. The number of phosphoric acid groups is 1. The van der Waals surface area contributed by atoms with Crippen LogP contribution in [0.15, 0.2) is 36.5 Å². The molecular weight excluding hydrogens is 748 g/mol. The second kappa shape index (κ2) is 44.8. The predicted octanol–water partition coefficient (Wildman–Crippen LogP) is 15.6. The van der Waals surface area contributed by atoms with Gasteiger partial charge in [-0.05, 0) is 44.9 Å². The fourth-order valence-corrected chi connectivity index (χ4v) is 7.43. The van der Waals surface area contributed by atoms with Crippen LogP contribution in [0.1, 0.15) is 239 Å². The quantitative estimate of drug-likeness (QED) is 0.0279. The monoisotopic (exact) mass is 839 g/mol. The molecule has 0 rings (SSSR count). The molecular formula is C49H91O8P. The summed E-state index contributed by atoms with van der Waals surface area (Å²) in [5.41, 5.74) is 0. The second-order valence-electron chi connectivity index (χ2n) is 16.2. The lowest BCUT2D eigenvalue weighted by molar-refractivity contribution is -0.161. The fraction of sp³-hybridized carbons (Fsp3) is 0.837. The predicted molar refractivity (Wildman–Crippen MR) is 244 cm³/mol. The number of ether oxygens (including phenoxy) is 2. The highest BCUT2D eigenvalue weighted by molar-refractivity contribution is 7.47. The van der Waals surface area contributed by atoms with E-state index in [1.807, 2.05) is 0 Å². The topological polar surface area (TPSA) is 108 Å². The van der Waals surface area contributed by atoms with Crippen LogP contribution in [0.4, 0.5) is 0 Å². The summed E-state index contributed by atoms with van der Waals surface area (Å²) in [5.74, 6) is -0.814. The van der Waals surface area contributed by atoms with E-state index < -0.39 is 26.5 Å². The summed E-state index contributed by atoms with van der Waals surface area (Å²) in [4.78, 5) is 34.6. The first kappa shape index (κ1) is 56.3. The molecule has 58 heavy (non-hydrogen) atoms. The van der Waals surface area contributed by atoms with E-state index in [0.29, 0.717) is 12.8 Å². The molecule has 9 heteroatoms. The summed E-state index contributed by atoms with van der Waals surface area (Å²) in [7, 11) is -3.21. The smallest absolute Gasteiger partial charge is 0.462 e. The average Bonchev–Trinajstić information content (AvgIpc) is 3.21. The molecule has 0 aliphatic heterocycles. The zero-order valence-electron chi connectivity index (χ0n) is 38.0. The molecule has 0 aliphatic rings. The molecule has 2 unspecified atom stereocenters. The minimum atomic E-state index is -4.27. The van der Waals surface area contributed by atoms with Crippen LogP contribution in [-0.4, -0.2) is 43.3 Å². The number of unbranched alkanes of at least 4 members (excludes halogenated alkanes) is 28. The molecule has 0 aliphatic carbocycles. The Hall–Kier alpha value is -1.73. The maximum Gasteiger partial charge on any atom is 0.472 e. The Labute approximate surface area is 357 Å². The van der Waals surface area contributed by atoms with Gasteiger partial charge in [-0.1, -0.05) is 217 Å². The van der Waals surface area contributed by atoms with Crippen molar-refractivity contribution in [2.24, 2.45) is 0 Å². The SMILES string of the molecule is CC/C=C\C/C=C\C/C=C\CCCCCCCC(=O)OC(COC(=O)CCCCCCCCCCCCCCCCCCCCCCCCCC)COP(=O)(O)OC. The largest absolute Gasteiger partial charge is 0.472 e. The maximum atomic E-state index is 12.5. The Morgan fingerprint density at radius 1 is 0.500 bits per heavy atom. The van der Waals surface area contributed by atoms with Crippen LogP contribution < -0.4 is 0 Å². The van der Waals surface area contributed by atoms with Crippen molar-refractivity contribution in [2.75, 3.05) is 20.3 Å². The third kappa shape index (κ3) is 43.8. The number of esters is 2. The number of phosphoric ester groups is 1. The summed E-state index contributed by atoms with van der Waals surface area (Å²) in [5, 5.41) is 0. The van der Waals surface area contributed by atoms with E-state index in [4.69, 9.17) is 14.0 Å². The number of carbonyl (C=O) groups excluding carboxylic acids is 2. The molecule has 2 atom stereocenters. The lowest BCUT2D eigenvalue weighted by atomic mass is 10.0. The Balaban J connectivity index is 3.86. The third-order valence-corrected chi connectivity index (χ3v) is 11.6. The molecule has 0 saturated carbocycles. The van der Waals surface area contributed by atoms with Gasteiger partial charge in [-0.15, -0.1) is 0 Å². The van der Waals surface area contributed by atoms with Crippen molar-refractivity contribution in [3.63, 3.8) is 0 Å². The summed E-state index contributed by atoms with van der Waals surface area (Å²) >= 11 is 0.